The number of amides is 2. The van der Waals surface area contributed by atoms with Crippen molar-refractivity contribution in [3.63, 3.8) is 0 Å². The molecule has 1 saturated carbocycles. The fourth-order valence-corrected chi connectivity index (χ4v) is 1.95. The lowest BCUT2D eigenvalue weighted by Gasteiger charge is -2.22. The molecule has 1 aliphatic rings. The number of hydrogen-bond acceptors (Lipinski definition) is 3. The van der Waals surface area contributed by atoms with E-state index in [9.17, 15) is 9.90 Å². The smallest absolute Gasteiger partial charge is 0.316 e. The van der Waals surface area contributed by atoms with E-state index in [0.717, 1.165) is 25.7 Å². The van der Waals surface area contributed by atoms with Crippen LogP contribution in [-0.4, -0.2) is 55.4 Å². The van der Waals surface area contributed by atoms with Crippen LogP contribution in [0.5, 0.6) is 0 Å². The minimum Gasteiger partial charge on any atom is -0.389 e. The van der Waals surface area contributed by atoms with Crippen molar-refractivity contribution in [1.82, 2.24) is 15.5 Å². The maximum absolute atomic E-state index is 11.2. The van der Waals surface area contributed by atoms with Gasteiger partial charge in [-0.25, -0.2) is 4.79 Å². The number of rotatable bonds is 5. The molecule has 0 heterocycles. The summed E-state index contributed by atoms with van der Waals surface area (Å²) in [5.74, 6) is 0. The molecule has 5 nitrogen and oxygen atoms in total. The van der Waals surface area contributed by atoms with E-state index in [4.69, 9.17) is 0 Å². The Morgan fingerprint density at radius 1 is 1.31 bits per heavy atom. The zero-order valence-corrected chi connectivity index (χ0v) is 10.3. The Labute approximate surface area is 97.2 Å². The Balaban J connectivity index is 2.01. The van der Waals surface area contributed by atoms with Gasteiger partial charge in [0.05, 0.1) is 5.60 Å². The summed E-state index contributed by atoms with van der Waals surface area (Å²) in [4.78, 5) is 12.7. The number of urea groups is 1. The van der Waals surface area contributed by atoms with Crippen LogP contribution in [0.1, 0.15) is 25.7 Å². The van der Waals surface area contributed by atoms with Crippen LogP contribution in [-0.2, 0) is 0 Å². The maximum atomic E-state index is 11.2. The lowest BCUT2D eigenvalue weighted by Crippen LogP contribution is -2.42. The summed E-state index contributed by atoms with van der Waals surface area (Å²) in [6.07, 6.45) is 4.03. The third-order valence-electron chi connectivity index (χ3n) is 2.97. The van der Waals surface area contributed by atoms with E-state index in [-0.39, 0.29) is 6.03 Å². The third kappa shape index (κ3) is 4.37. The minimum absolute atomic E-state index is 0.0821. The van der Waals surface area contributed by atoms with E-state index in [2.05, 4.69) is 10.6 Å². The van der Waals surface area contributed by atoms with Gasteiger partial charge in [0.25, 0.3) is 0 Å². The first-order chi connectivity index (χ1) is 7.53. The van der Waals surface area contributed by atoms with E-state index in [1.807, 2.05) is 0 Å². The topological polar surface area (TPSA) is 64.6 Å². The number of nitrogens with one attached hydrogen (secondary N) is 2. The zero-order chi connectivity index (χ0) is 12.0. The van der Waals surface area contributed by atoms with Crippen LogP contribution in [0.3, 0.4) is 0 Å². The van der Waals surface area contributed by atoms with Gasteiger partial charge in [0.1, 0.15) is 0 Å². The Kier molecular flexibility index (Phi) is 5.02. The molecule has 0 aromatic heterocycles. The molecule has 1 aliphatic carbocycles. The number of hydrogen-bond donors (Lipinski definition) is 3. The Hall–Kier alpha value is -0.810. The van der Waals surface area contributed by atoms with Crippen molar-refractivity contribution in [2.45, 2.75) is 31.3 Å². The molecule has 0 spiro atoms. The van der Waals surface area contributed by atoms with Crippen LogP contribution in [0.2, 0.25) is 0 Å². The molecular formula is C11H23N3O2. The highest BCUT2D eigenvalue weighted by Gasteiger charge is 2.30. The number of carbonyl (C=O) groups is 1. The summed E-state index contributed by atoms with van der Waals surface area (Å²) >= 11 is 0. The highest BCUT2D eigenvalue weighted by atomic mass is 16.3. The standard InChI is InChI=1S/C11H23N3O2/c1-14(2)10(15)13-8-7-12-9-11(16)5-3-4-6-11/h12,16H,3-9H2,1-2H3,(H,13,15). The fourth-order valence-electron chi connectivity index (χ4n) is 1.95. The second-order valence-corrected chi connectivity index (χ2v) is 4.73. The normalized spacial score (nSPS) is 18.4. The molecule has 2 amide bonds. The van der Waals surface area contributed by atoms with Gasteiger partial charge < -0.3 is 20.6 Å². The molecule has 0 bridgehead atoms. The van der Waals surface area contributed by atoms with E-state index >= 15 is 0 Å². The fraction of sp³-hybridized carbons (Fsp3) is 0.909. The molecule has 0 aliphatic heterocycles. The molecule has 0 aromatic rings. The number of carbonyl (C=O) groups excluding carboxylic acids is 1. The van der Waals surface area contributed by atoms with Gasteiger partial charge in [-0.1, -0.05) is 12.8 Å². The molecule has 1 fully saturated rings. The largest absolute Gasteiger partial charge is 0.389 e. The maximum Gasteiger partial charge on any atom is 0.316 e. The Morgan fingerprint density at radius 2 is 1.94 bits per heavy atom. The highest BCUT2D eigenvalue weighted by Crippen LogP contribution is 2.28. The second-order valence-electron chi connectivity index (χ2n) is 4.73. The van der Waals surface area contributed by atoms with Crippen molar-refractivity contribution in [2.24, 2.45) is 0 Å². The monoisotopic (exact) mass is 229 g/mol. The summed E-state index contributed by atoms with van der Waals surface area (Å²) in [6, 6.07) is -0.0821. The van der Waals surface area contributed by atoms with Crippen LogP contribution in [0.15, 0.2) is 0 Å². The molecule has 0 unspecified atom stereocenters. The van der Waals surface area contributed by atoms with Gasteiger partial charge in [0.15, 0.2) is 0 Å². The quantitative estimate of drug-likeness (QED) is 0.588. The molecule has 0 saturated heterocycles. The molecule has 3 N–H and O–H groups in total. The van der Waals surface area contributed by atoms with Crippen LogP contribution < -0.4 is 10.6 Å². The number of aliphatic hydroxyl groups is 1. The molecule has 1 rings (SSSR count). The van der Waals surface area contributed by atoms with E-state index in [1.165, 1.54) is 4.90 Å². The summed E-state index contributed by atoms with van der Waals surface area (Å²) in [7, 11) is 3.42. The van der Waals surface area contributed by atoms with Gasteiger partial charge in [-0.3, -0.25) is 0 Å². The Bertz CT molecular complexity index is 225. The van der Waals surface area contributed by atoms with Crippen LogP contribution in [0, 0.1) is 0 Å². The molecule has 5 heteroatoms. The van der Waals surface area contributed by atoms with Crippen molar-refractivity contribution >= 4 is 6.03 Å². The highest BCUT2D eigenvalue weighted by molar-refractivity contribution is 5.73. The second kappa shape index (κ2) is 6.06. The van der Waals surface area contributed by atoms with Crippen molar-refractivity contribution in [3.05, 3.63) is 0 Å². The van der Waals surface area contributed by atoms with Crippen molar-refractivity contribution in [2.75, 3.05) is 33.7 Å². The minimum atomic E-state index is -0.508. The Morgan fingerprint density at radius 3 is 2.50 bits per heavy atom. The third-order valence-corrected chi connectivity index (χ3v) is 2.97. The van der Waals surface area contributed by atoms with E-state index in [1.54, 1.807) is 14.1 Å². The van der Waals surface area contributed by atoms with Crippen LogP contribution >= 0.6 is 0 Å². The predicted molar refractivity (Wildman–Crippen MR) is 63.4 cm³/mol. The first-order valence-electron chi connectivity index (χ1n) is 5.92. The van der Waals surface area contributed by atoms with E-state index in [0.29, 0.717) is 19.6 Å². The van der Waals surface area contributed by atoms with Gasteiger partial charge in [-0.15, -0.1) is 0 Å². The average molecular weight is 229 g/mol. The SMILES string of the molecule is CN(C)C(=O)NCCNCC1(O)CCCC1. The van der Waals surface area contributed by atoms with Gasteiger partial charge in [-0.05, 0) is 12.8 Å². The average Bonchev–Trinajstić information content (AvgIpc) is 2.64. The van der Waals surface area contributed by atoms with Crippen molar-refractivity contribution in [3.8, 4) is 0 Å². The van der Waals surface area contributed by atoms with Gasteiger partial charge in [0, 0.05) is 33.7 Å². The number of nitrogens with zero attached hydrogens (tertiary/aromatic N) is 1. The van der Waals surface area contributed by atoms with Gasteiger partial charge >= 0.3 is 6.03 Å². The van der Waals surface area contributed by atoms with Gasteiger partial charge in [0.2, 0.25) is 0 Å². The summed E-state index contributed by atoms with van der Waals surface area (Å²) < 4.78 is 0. The lowest BCUT2D eigenvalue weighted by atomic mass is 10.0. The van der Waals surface area contributed by atoms with Crippen molar-refractivity contribution in [1.29, 1.82) is 0 Å². The summed E-state index contributed by atoms with van der Waals surface area (Å²) in [6.45, 7) is 1.92. The molecule has 16 heavy (non-hydrogen) atoms. The van der Waals surface area contributed by atoms with Crippen LogP contribution in [0.4, 0.5) is 4.79 Å². The van der Waals surface area contributed by atoms with Crippen molar-refractivity contribution < 1.29 is 9.90 Å². The first-order valence-corrected chi connectivity index (χ1v) is 5.92. The molecule has 94 valence electrons. The summed E-state index contributed by atoms with van der Waals surface area (Å²) in [5, 5.41) is 16.0. The molecular weight excluding hydrogens is 206 g/mol. The van der Waals surface area contributed by atoms with E-state index < -0.39 is 5.60 Å². The molecule has 0 atom stereocenters. The molecule has 0 radical (unpaired) electrons. The first kappa shape index (κ1) is 13.3. The predicted octanol–water partition coefficient (Wildman–Crippen LogP) is 0.152. The summed E-state index contributed by atoms with van der Waals surface area (Å²) in [5.41, 5.74) is -0.508. The zero-order valence-electron chi connectivity index (χ0n) is 10.3. The lowest BCUT2D eigenvalue weighted by molar-refractivity contribution is 0.0481. The van der Waals surface area contributed by atoms with Gasteiger partial charge in [-0.2, -0.15) is 0 Å². The van der Waals surface area contributed by atoms with Crippen LogP contribution in [0.25, 0.3) is 0 Å². The molecule has 0 aromatic carbocycles.